The van der Waals surface area contributed by atoms with Gasteiger partial charge in [-0.1, -0.05) is 11.3 Å². The average molecular weight is 269 g/mol. The number of primary amides is 1. The molecule has 0 aliphatic heterocycles. The van der Waals surface area contributed by atoms with Gasteiger partial charge < -0.3 is 11.5 Å². The summed E-state index contributed by atoms with van der Waals surface area (Å²) in [4.78, 5) is 14.3. The fourth-order valence-corrected chi connectivity index (χ4v) is 2.00. The third-order valence-corrected chi connectivity index (χ3v) is 2.44. The van der Waals surface area contributed by atoms with Crippen LogP contribution in [0.1, 0.15) is 10.5 Å². The van der Waals surface area contributed by atoms with Crippen LogP contribution < -0.4 is 11.5 Å². The van der Waals surface area contributed by atoms with Crippen molar-refractivity contribution in [2.45, 2.75) is 0 Å². The van der Waals surface area contributed by atoms with E-state index < -0.39 is 5.91 Å². The highest BCUT2D eigenvalue weighted by Gasteiger charge is 2.10. The summed E-state index contributed by atoms with van der Waals surface area (Å²) in [5, 5.41) is 0.386. The number of nitrogens with two attached hydrogens (primary N) is 2. The molecule has 0 bridgehead atoms. The Bertz CT molecular complexity index is 271. The third kappa shape index (κ3) is 1.37. The van der Waals surface area contributed by atoms with E-state index in [4.69, 9.17) is 11.5 Å². The van der Waals surface area contributed by atoms with Crippen molar-refractivity contribution in [3.05, 3.63) is 8.71 Å². The quantitative estimate of drug-likeness (QED) is 0.725. The number of nitrogens with zero attached hydrogens (tertiary/aromatic N) is 1. The van der Waals surface area contributed by atoms with Gasteiger partial charge in [0.2, 0.25) is 0 Å². The standard InChI is InChI=1S/C4H4IN3OS/c5-4-8-1(2(6)9)3(7)10-4/h7H2,(H2,6,9). The second kappa shape index (κ2) is 2.70. The minimum atomic E-state index is -0.573. The highest BCUT2D eigenvalue weighted by molar-refractivity contribution is 14.1. The first-order valence-electron chi connectivity index (χ1n) is 2.33. The molecule has 0 saturated carbocycles. The molecule has 1 amide bonds. The summed E-state index contributed by atoms with van der Waals surface area (Å²) >= 11 is 3.23. The van der Waals surface area contributed by atoms with Crippen molar-refractivity contribution in [1.29, 1.82) is 0 Å². The topological polar surface area (TPSA) is 82.0 Å². The van der Waals surface area contributed by atoms with Crippen molar-refractivity contribution in [3.63, 3.8) is 0 Å². The molecule has 1 rings (SSSR count). The lowest BCUT2D eigenvalue weighted by Gasteiger charge is -1.86. The highest BCUT2D eigenvalue weighted by Crippen LogP contribution is 2.21. The Morgan fingerprint density at radius 3 is 2.50 bits per heavy atom. The van der Waals surface area contributed by atoms with E-state index in [1.807, 2.05) is 22.6 Å². The minimum absolute atomic E-state index is 0.175. The number of anilines is 1. The molecule has 0 aromatic carbocycles. The monoisotopic (exact) mass is 269 g/mol. The van der Waals surface area contributed by atoms with Crippen molar-refractivity contribution in [2.24, 2.45) is 5.73 Å². The van der Waals surface area contributed by atoms with Crippen LogP contribution in [-0.4, -0.2) is 10.9 Å². The van der Waals surface area contributed by atoms with Gasteiger partial charge >= 0.3 is 0 Å². The highest BCUT2D eigenvalue weighted by atomic mass is 127. The second-order valence-electron chi connectivity index (χ2n) is 1.54. The first-order chi connectivity index (χ1) is 4.61. The fraction of sp³-hybridized carbons (Fsp3) is 0. The molecule has 4 N–H and O–H groups in total. The van der Waals surface area contributed by atoms with E-state index >= 15 is 0 Å². The molecule has 1 aromatic heterocycles. The van der Waals surface area contributed by atoms with Gasteiger partial charge in [0.15, 0.2) is 8.71 Å². The number of carbonyl (C=O) groups excluding carboxylic acids is 1. The van der Waals surface area contributed by atoms with Crippen LogP contribution in [0.5, 0.6) is 0 Å². The lowest BCUT2D eigenvalue weighted by molar-refractivity contribution is 0.0997. The van der Waals surface area contributed by atoms with E-state index in [1.54, 1.807) is 0 Å². The Kier molecular flexibility index (Phi) is 2.09. The molecular weight excluding hydrogens is 265 g/mol. The molecule has 54 valence electrons. The van der Waals surface area contributed by atoms with Gasteiger partial charge in [0.25, 0.3) is 5.91 Å². The average Bonchev–Trinajstić information content (AvgIpc) is 2.10. The van der Waals surface area contributed by atoms with Crippen LogP contribution in [0.4, 0.5) is 5.00 Å². The fourth-order valence-electron chi connectivity index (χ4n) is 0.481. The molecule has 0 spiro atoms. The zero-order valence-corrected chi connectivity index (χ0v) is 7.77. The van der Waals surface area contributed by atoms with Crippen LogP contribution in [0.2, 0.25) is 0 Å². The van der Waals surface area contributed by atoms with Crippen molar-refractivity contribution in [3.8, 4) is 0 Å². The van der Waals surface area contributed by atoms with E-state index in [0.717, 1.165) is 3.01 Å². The van der Waals surface area contributed by atoms with Crippen LogP contribution >= 0.6 is 33.9 Å². The number of hydrogen-bond acceptors (Lipinski definition) is 4. The maximum absolute atomic E-state index is 10.5. The van der Waals surface area contributed by atoms with Crippen molar-refractivity contribution >= 4 is 44.8 Å². The maximum atomic E-state index is 10.5. The Morgan fingerprint density at radius 2 is 2.30 bits per heavy atom. The van der Waals surface area contributed by atoms with Gasteiger partial charge in [-0.3, -0.25) is 4.79 Å². The largest absolute Gasteiger partial charge is 0.389 e. The Labute approximate surface area is 74.8 Å². The second-order valence-corrected chi connectivity index (χ2v) is 4.33. The van der Waals surface area contributed by atoms with Gasteiger partial charge in [-0.2, -0.15) is 0 Å². The third-order valence-electron chi connectivity index (χ3n) is 0.861. The molecule has 10 heavy (non-hydrogen) atoms. The van der Waals surface area contributed by atoms with Gasteiger partial charge in [0, 0.05) is 0 Å². The Balaban J connectivity index is 3.15. The molecule has 0 radical (unpaired) electrons. The van der Waals surface area contributed by atoms with Crippen LogP contribution in [0.15, 0.2) is 0 Å². The molecule has 4 nitrogen and oxygen atoms in total. The summed E-state index contributed by atoms with van der Waals surface area (Å²) in [6.45, 7) is 0. The van der Waals surface area contributed by atoms with E-state index in [0.29, 0.717) is 5.00 Å². The molecule has 0 fully saturated rings. The zero-order chi connectivity index (χ0) is 7.72. The normalized spacial score (nSPS) is 9.70. The number of thiazole rings is 1. The number of nitrogen functional groups attached to an aromatic ring is 1. The maximum Gasteiger partial charge on any atom is 0.270 e. The summed E-state index contributed by atoms with van der Waals surface area (Å²) in [6.07, 6.45) is 0. The van der Waals surface area contributed by atoms with Crippen molar-refractivity contribution in [1.82, 2.24) is 4.98 Å². The summed E-state index contributed by atoms with van der Waals surface area (Å²) in [6, 6.07) is 0. The van der Waals surface area contributed by atoms with Gasteiger partial charge in [-0.15, -0.1) is 0 Å². The Hall–Kier alpha value is -0.370. The van der Waals surface area contributed by atoms with Crippen LogP contribution in [0.25, 0.3) is 0 Å². The van der Waals surface area contributed by atoms with Crippen molar-refractivity contribution in [2.75, 3.05) is 5.73 Å². The summed E-state index contributed by atoms with van der Waals surface area (Å²) < 4.78 is 0.726. The minimum Gasteiger partial charge on any atom is -0.389 e. The van der Waals surface area contributed by atoms with Crippen LogP contribution in [-0.2, 0) is 0 Å². The molecular formula is C4H4IN3OS. The lowest BCUT2D eigenvalue weighted by atomic mass is 10.4. The van der Waals surface area contributed by atoms with Gasteiger partial charge in [0.05, 0.1) is 0 Å². The first kappa shape index (κ1) is 7.73. The molecule has 1 heterocycles. The predicted molar refractivity (Wildman–Crippen MR) is 47.8 cm³/mol. The van der Waals surface area contributed by atoms with Gasteiger partial charge in [-0.25, -0.2) is 4.98 Å². The predicted octanol–water partition coefficient (Wildman–Crippen LogP) is 0.429. The van der Waals surface area contributed by atoms with E-state index in [9.17, 15) is 4.79 Å². The smallest absolute Gasteiger partial charge is 0.270 e. The number of hydrogen-bond donors (Lipinski definition) is 2. The van der Waals surface area contributed by atoms with E-state index in [2.05, 4.69) is 4.98 Å². The molecule has 0 atom stereocenters. The molecule has 0 unspecified atom stereocenters. The molecule has 6 heteroatoms. The number of halogens is 1. The number of carbonyl (C=O) groups is 1. The van der Waals surface area contributed by atoms with Crippen LogP contribution in [0, 0.1) is 3.01 Å². The lowest BCUT2D eigenvalue weighted by Crippen LogP contribution is -2.13. The molecule has 0 aliphatic rings. The summed E-state index contributed by atoms with van der Waals surface area (Å²) in [5.74, 6) is -0.573. The van der Waals surface area contributed by atoms with Crippen molar-refractivity contribution < 1.29 is 4.79 Å². The molecule has 1 aromatic rings. The van der Waals surface area contributed by atoms with Crippen LogP contribution in [0.3, 0.4) is 0 Å². The van der Waals surface area contributed by atoms with E-state index in [1.165, 1.54) is 11.3 Å². The summed E-state index contributed by atoms with van der Waals surface area (Å²) in [5.41, 5.74) is 10.5. The van der Waals surface area contributed by atoms with Gasteiger partial charge in [-0.05, 0) is 22.6 Å². The SMILES string of the molecule is NC(=O)c1nc(I)sc1N. The summed E-state index contributed by atoms with van der Waals surface area (Å²) in [7, 11) is 0. The van der Waals surface area contributed by atoms with E-state index in [-0.39, 0.29) is 5.69 Å². The van der Waals surface area contributed by atoms with Gasteiger partial charge in [0.1, 0.15) is 5.00 Å². The Morgan fingerprint density at radius 1 is 1.70 bits per heavy atom. The molecule has 0 aliphatic carbocycles. The zero-order valence-electron chi connectivity index (χ0n) is 4.80. The first-order valence-corrected chi connectivity index (χ1v) is 4.22. The molecule has 0 saturated heterocycles. The number of rotatable bonds is 1. The number of amides is 1. The number of aromatic nitrogens is 1.